The third-order valence-corrected chi connectivity index (χ3v) is 3.55. The summed E-state index contributed by atoms with van der Waals surface area (Å²) in [6.45, 7) is 3.61. The van der Waals surface area contributed by atoms with Gasteiger partial charge in [0.25, 0.3) is 0 Å². The third-order valence-electron chi connectivity index (χ3n) is 3.55. The van der Waals surface area contributed by atoms with E-state index < -0.39 is 0 Å². The Morgan fingerprint density at radius 3 is 2.71 bits per heavy atom. The first kappa shape index (κ1) is 12.4. The van der Waals surface area contributed by atoms with Crippen LogP contribution in [-0.4, -0.2) is 36.5 Å². The predicted octanol–water partition coefficient (Wildman–Crippen LogP) is 1.59. The molecule has 1 atom stereocenters. The second-order valence-corrected chi connectivity index (χ2v) is 5.08. The van der Waals surface area contributed by atoms with Gasteiger partial charge in [0.15, 0.2) is 0 Å². The van der Waals surface area contributed by atoms with E-state index >= 15 is 0 Å². The van der Waals surface area contributed by atoms with Crippen LogP contribution in [-0.2, 0) is 14.3 Å². The van der Waals surface area contributed by atoms with E-state index in [-0.39, 0.29) is 17.8 Å². The molecule has 1 amide bonds. The molecule has 2 rings (SSSR count). The molecular formula is C13H21NO3. The molecule has 17 heavy (non-hydrogen) atoms. The molecule has 96 valence electrons. The zero-order valence-electron chi connectivity index (χ0n) is 10.5. The van der Waals surface area contributed by atoms with Crippen LogP contribution in [0.15, 0.2) is 0 Å². The Morgan fingerprint density at radius 2 is 2.06 bits per heavy atom. The van der Waals surface area contributed by atoms with Crippen LogP contribution >= 0.6 is 0 Å². The number of hydrogen-bond donors (Lipinski definition) is 0. The maximum atomic E-state index is 11.9. The molecule has 4 heteroatoms. The van der Waals surface area contributed by atoms with Crippen LogP contribution in [0.4, 0.5) is 0 Å². The molecule has 0 aromatic carbocycles. The van der Waals surface area contributed by atoms with E-state index in [1.165, 1.54) is 12.8 Å². The summed E-state index contributed by atoms with van der Waals surface area (Å²) >= 11 is 0. The van der Waals surface area contributed by atoms with Crippen molar-refractivity contribution in [3.63, 3.8) is 0 Å². The van der Waals surface area contributed by atoms with Gasteiger partial charge in [0.05, 0.1) is 12.5 Å². The number of rotatable bonds is 4. The maximum Gasteiger partial charge on any atom is 0.310 e. The first-order chi connectivity index (χ1) is 8.20. The highest BCUT2D eigenvalue weighted by Crippen LogP contribution is 2.33. The van der Waals surface area contributed by atoms with Gasteiger partial charge >= 0.3 is 5.97 Å². The minimum absolute atomic E-state index is 0.105. The molecule has 0 bridgehead atoms. The fourth-order valence-corrected chi connectivity index (χ4v) is 2.35. The topological polar surface area (TPSA) is 46.6 Å². The van der Waals surface area contributed by atoms with Crippen molar-refractivity contribution in [2.24, 2.45) is 11.8 Å². The fraction of sp³-hybridized carbons (Fsp3) is 0.846. The van der Waals surface area contributed by atoms with Crippen LogP contribution in [0.3, 0.4) is 0 Å². The zero-order chi connectivity index (χ0) is 12.3. The van der Waals surface area contributed by atoms with E-state index in [1.54, 1.807) is 0 Å². The monoisotopic (exact) mass is 239 g/mol. The van der Waals surface area contributed by atoms with E-state index in [9.17, 15) is 9.59 Å². The second-order valence-electron chi connectivity index (χ2n) is 5.08. The minimum atomic E-state index is -0.142. The largest absolute Gasteiger partial charge is 0.466 e. The van der Waals surface area contributed by atoms with Crippen LogP contribution < -0.4 is 0 Å². The number of likely N-dealkylation sites (tertiary alicyclic amines) is 1. The highest BCUT2D eigenvalue weighted by molar-refractivity contribution is 5.79. The summed E-state index contributed by atoms with van der Waals surface area (Å²) in [7, 11) is 0. The standard InChI is InChI=1S/C13H21NO3/c1-2-17-13(16)11-4-3-7-14(9-11)12(15)8-10-5-6-10/h10-11H,2-9H2,1H3. The molecule has 1 aliphatic carbocycles. The van der Waals surface area contributed by atoms with Crippen molar-refractivity contribution in [1.82, 2.24) is 4.90 Å². The number of amides is 1. The van der Waals surface area contributed by atoms with Gasteiger partial charge in [-0.3, -0.25) is 9.59 Å². The van der Waals surface area contributed by atoms with Gasteiger partial charge in [-0.05, 0) is 38.5 Å². The predicted molar refractivity (Wildman–Crippen MR) is 63.3 cm³/mol. The van der Waals surface area contributed by atoms with E-state index in [4.69, 9.17) is 4.74 Å². The molecule has 1 saturated carbocycles. The Balaban J connectivity index is 1.82. The summed E-state index contributed by atoms with van der Waals surface area (Å²) in [5, 5.41) is 0. The Morgan fingerprint density at radius 1 is 1.29 bits per heavy atom. The van der Waals surface area contributed by atoms with Crippen LogP contribution in [0.5, 0.6) is 0 Å². The molecular weight excluding hydrogens is 218 g/mol. The smallest absolute Gasteiger partial charge is 0.310 e. The summed E-state index contributed by atoms with van der Waals surface area (Å²) in [4.78, 5) is 25.4. The van der Waals surface area contributed by atoms with Crippen molar-refractivity contribution in [3.8, 4) is 0 Å². The molecule has 1 heterocycles. The molecule has 0 N–H and O–H groups in total. The molecule has 0 spiro atoms. The number of carbonyl (C=O) groups is 2. The second kappa shape index (κ2) is 5.52. The van der Waals surface area contributed by atoms with E-state index in [0.29, 0.717) is 25.5 Å². The number of hydrogen-bond acceptors (Lipinski definition) is 3. The lowest BCUT2D eigenvalue weighted by atomic mass is 9.98. The van der Waals surface area contributed by atoms with Crippen molar-refractivity contribution >= 4 is 11.9 Å². The first-order valence-electron chi connectivity index (χ1n) is 6.65. The molecule has 0 radical (unpaired) electrons. The lowest BCUT2D eigenvalue weighted by Crippen LogP contribution is -2.42. The van der Waals surface area contributed by atoms with Gasteiger partial charge in [-0.2, -0.15) is 0 Å². The average molecular weight is 239 g/mol. The maximum absolute atomic E-state index is 11.9. The van der Waals surface area contributed by atoms with Crippen LogP contribution in [0.25, 0.3) is 0 Å². The highest BCUT2D eigenvalue weighted by Gasteiger charge is 2.32. The van der Waals surface area contributed by atoms with Gasteiger partial charge in [-0.25, -0.2) is 0 Å². The molecule has 1 aliphatic heterocycles. The number of carbonyl (C=O) groups excluding carboxylic acids is 2. The Kier molecular flexibility index (Phi) is 4.02. The summed E-state index contributed by atoms with van der Waals surface area (Å²) in [5.41, 5.74) is 0. The van der Waals surface area contributed by atoms with E-state index in [2.05, 4.69) is 0 Å². The quantitative estimate of drug-likeness (QED) is 0.700. The Labute approximate surface area is 102 Å². The Bertz CT molecular complexity index is 299. The van der Waals surface area contributed by atoms with Crippen LogP contribution in [0, 0.1) is 11.8 Å². The summed E-state index contributed by atoms with van der Waals surface area (Å²) in [6.07, 6.45) is 4.84. The van der Waals surface area contributed by atoms with Crippen molar-refractivity contribution in [2.75, 3.05) is 19.7 Å². The lowest BCUT2D eigenvalue weighted by Gasteiger charge is -2.31. The Hall–Kier alpha value is -1.06. The lowest BCUT2D eigenvalue weighted by molar-refractivity contribution is -0.151. The van der Waals surface area contributed by atoms with Crippen molar-refractivity contribution in [1.29, 1.82) is 0 Å². The number of piperidine rings is 1. The van der Waals surface area contributed by atoms with Gasteiger partial charge < -0.3 is 9.64 Å². The van der Waals surface area contributed by atoms with E-state index in [0.717, 1.165) is 19.4 Å². The van der Waals surface area contributed by atoms with Crippen LogP contribution in [0.2, 0.25) is 0 Å². The van der Waals surface area contributed by atoms with E-state index in [1.807, 2.05) is 11.8 Å². The SMILES string of the molecule is CCOC(=O)C1CCCN(C(=O)CC2CC2)C1. The van der Waals surface area contributed by atoms with Gasteiger partial charge in [0.1, 0.15) is 0 Å². The van der Waals surface area contributed by atoms with Crippen molar-refractivity contribution in [2.45, 2.75) is 39.0 Å². The minimum Gasteiger partial charge on any atom is -0.466 e. The van der Waals surface area contributed by atoms with Crippen molar-refractivity contribution < 1.29 is 14.3 Å². The molecule has 2 fully saturated rings. The number of esters is 1. The number of ether oxygens (including phenoxy) is 1. The molecule has 1 unspecified atom stereocenters. The average Bonchev–Trinajstić information content (AvgIpc) is 3.13. The highest BCUT2D eigenvalue weighted by atomic mass is 16.5. The van der Waals surface area contributed by atoms with Gasteiger partial charge in [-0.15, -0.1) is 0 Å². The molecule has 1 saturated heterocycles. The molecule has 0 aromatic rings. The fourth-order valence-electron chi connectivity index (χ4n) is 2.35. The van der Waals surface area contributed by atoms with Gasteiger partial charge in [-0.1, -0.05) is 0 Å². The summed E-state index contributed by atoms with van der Waals surface area (Å²) < 4.78 is 5.03. The summed E-state index contributed by atoms with van der Waals surface area (Å²) in [6, 6.07) is 0. The van der Waals surface area contributed by atoms with Crippen molar-refractivity contribution in [3.05, 3.63) is 0 Å². The van der Waals surface area contributed by atoms with Crippen LogP contribution in [0.1, 0.15) is 39.0 Å². The summed E-state index contributed by atoms with van der Waals surface area (Å²) in [5.74, 6) is 0.593. The first-order valence-corrected chi connectivity index (χ1v) is 6.65. The molecule has 0 aromatic heterocycles. The third kappa shape index (κ3) is 3.45. The van der Waals surface area contributed by atoms with Gasteiger partial charge in [0, 0.05) is 19.5 Å². The normalized spacial score (nSPS) is 24.5. The van der Waals surface area contributed by atoms with Gasteiger partial charge in [0.2, 0.25) is 5.91 Å². The number of nitrogens with zero attached hydrogens (tertiary/aromatic N) is 1. The zero-order valence-corrected chi connectivity index (χ0v) is 10.5. The molecule has 4 nitrogen and oxygen atoms in total. The molecule has 2 aliphatic rings.